The number of ether oxygens (including phenoxy) is 1. The Morgan fingerprint density at radius 2 is 2.17 bits per heavy atom. The molecule has 1 fully saturated rings. The van der Waals surface area contributed by atoms with Crippen LogP contribution in [-0.4, -0.2) is 29.2 Å². The van der Waals surface area contributed by atoms with Gasteiger partial charge in [-0.2, -0.15) is 0 Å². The number of aromatic nitrogens is 1. The number of rotatable bonds is 3. The predicted octanol–water partition coefficient (Wildman–Crippen LogP) is 3.71. The zero-order valence-electron chi connectivity index (χ0n) is 13.9. The number of likely N-dealkylation sites (tertiary alicyclic amines) is 1. The lowest BCUT2D eigenvalue weighted by Gasteiger charge is -2.26. The van der Waals surface area contributed by atoms with E-state index in [1.807, 2.05) is 49.3 Å². The van der Waals surface area contributed by atoms with Gasteiger partial charge in [0.15, 0.2) is 0 Å². The minimum atomic E-state index is -0.0733. The number of urea groups is 1. The summed E-state index contributed by atoms with van der Waals surface area (Å²) < 4.78 is 7.46. The first-order valence-electron chi connectivity index (χ1n) is 7.93. The molecule has 2 amide bonds. The Morgan fingerprint density at radius 3 is 2.87 bits per heavy atom. The zero-order valence-corrected chi connectivity index (χ0v) is 13.9. The first-order valence-corrected chi connectivity index (χ1v) is 7.93. The van der Waals surface area contributed by atoms with Crippen LogP contribution < -0.4 is 10.1 Å². The van der Waals surface area contributed by atoms with Crippen molar-refractivity contribution in [3.8, 4) is 5.75 Å². The van der Waals surface area contributed by atoms with Gasteiger partial charge in [-0.1, -0.05) is 6.07 Å². The maximum absolute atomic E-state index is 12.7. The van der Waals surface area contributed by atoms with Crippen molar-refractivity contribution in [1.29, 1.82) is 0 Å². The molecular formula is C18H23N3O2. The maximum atomic E-state index is 12.7. The molecule has 5 heteroatoms. The fourth-order valence-electron chi connectivity index (χ4n) is 3.23. The smallest absolute Gasteiger partial charge is 0.322 e. The van der Waals surface area contributed by atoms with Crippen LogP contribution in [0, 0.1) is 6.92 Å². The second-order valence-corrected chi connectivity index (χ2v) is 6.03. The molecule has 1 aliphatic heterocycles. The van der Waals surface area contributed by atoms with Crippen LogP contribution in [0.25, 0.3) is 0 Å². The van der Waals surface area contributed by atoms with E-state index in [0.717, 1.165) is 24.9 Å². The Hall–Kier alpha value is -2.43. The van der Waals surface area contributed by atoms with Gasteiger partial charge in [0, 0.05) is 25.5 Å². The van der Waals surface area contributed by atoms with Crippen LogP contribution in [0.4, 0.5) is 10.5 Å². The molecule has 0 radical (unpaired) electrons. The zero-order chi connectivity index (χ0) is 16.4. The SMILES string of the molecule is COc1cc(C)ccc1NC(=O)N1CCCC1c1cccn1C. The van der Waals surface area contributed by atoms with Gasteiger partial charge in [-0.05, 0) is 49.6 Å². The van der Waals surface area contributed by atoms with Crippen LogP contribution in [0.5, 0.6) is 5.75 Å². The van der Waals surface area contributed by atoms with Gasteiger partial charge < -0.3 is 19.5 Å². The number of carbonyl (C=O) groups is 1. The lowest BCUT2D eigenvalue weighted by atomic mass is 10.1. The minimum Gasteiger partial charge on any atom is -0.495 e. The molecule has 122 valence electrons. The summed E-state index contributed by atoms with van der Waals surface area (Å²) in [5.41, 5.74) is 2.98. The summed E-state index contributed by atoms with van der Waals surface area (Å²) >= 11 is 0. The fraction of sp³-hybridized carbons (Fsp3) is 0.389. The maximum Gasteiger partial charge on any atom is 0.322 e. The molecule has 1 N–H and O–H groups in total. The quantitative estimate of drug-likeness (QED) is 0.939. The number of carbonyl (C=O) groups excluding carboxylic acids is 1. The number of anilines is 1. The summed E-state index contributed by atoms with van der Waals surface area (Å²) in [4.78, 5) is 14.6. The molecule has 2 aromatic rings. The highest BCUT2D eigenvalue weighted by atomic mass is 16.5. The molecule has 23 heavy (non-hydrogen) atoms. The number of hydrogen-bond donors (Lipinski definition) is 1. The summed E-state index contributed by atoms with van der Waals surface area (Å²) in [6, 6.07) is 9.95. The number of nitrogens with one attached hydrogen (secondary N) is 1. The van der Waals surface area contributed by atoms with Crippen molar-refractivity contribution in [2.45, 2.75) is 25.8 Å². The lowest BCUT2D eigenvalue weighted by Crippen LogP contribution is -2.35. The molecular weight excluding hydrogens is 290 g/mol. The molecule has 1 aromatic heterocycles. The average molecular weight is 313 g/mol. The molecule has 0 bridgehead atoms. The molecule has 0 spiro atoms. The first-order chi connectivity index (χ1) is 11.1. The van der Waals surface area contributed by atoms with Gasteiger partial charge in [-0.25, -0.2) is 4.79 Å². The van der Waals surface area contributed by atoms with E-state index in [2.05, 4.69) is 16.0 Å². The number of aryl methyl sites for hydroxylation is 2. The third kappa shape index (κ3) is 3.04. The van der Waals surface area contributed by atoms with Crippen LogP contribution in [0.3, 0.4) is 0 Å². The van der Waals surface area contributed by atoms with Gasteiger partial charge >= 0.3 is 6.03 Å². The van der Waals surface area contributed by atoms with E-state index in [-0.39, 0.29) is 12.1 Å². The Kier molecular flexibility index (Phi) is 4.28. The molecule has 1 aliphatic rings. The number of hydrogen-bond acceptors (Lipinski definition) is 2. The van der Waals surface area contributed by atoms with Gasteiger partial charge in [-0.15, -0.1) is 0 Å². The highest BCUT2D eigenvalue weighted by Gasteiger charge is 2.31. The Bertz CT molecular complexity index is 708. The lowest BCUT2D eigenvalue weighted by molar-refractivity contribution is 0.205. The van der Waals surface area contributed by atoms with Crippen molar-refractivity contribution < 1.29 is 9.53 Å². The van der Waals surface area contributed by atoms with Gasteiger partial charge in [-0.3, -0.25) is 0 Å². The van der Waals surface area contributed by atoms with E-state index in [9.17, 15) is 4.79 Å². The van der Waals surface area contributed by atoms with E-state index < -0.39 is 0 Å². The van der Waals surface area contributed by atoms with Crippen molar-refractivity contribution in [3.05, 3.63) is 47.8 Å². The largest absolute Gasteiger partial charge is 0.495 e. The highest BCUT2D eigenvalue weighted by Crippen LogP contribution is 2.33. The van der Waals surface area contributed by atoms with E-state index in [1.165, 1.54) is 5.69 Å². The standard InChI is InChI=1S/C18H23N3O2/c1-13-8-9-14(17(12-13)23-3)19-18(22)21-11-5-7-16(21)15-6-4-10-20(15)2/h4,6,8-10,12,16H,5,7,11H2,1-3H3,(H,19,22). The van der Waals surface area contributed by atoms with Crippen LogP contribution >= 0.6 is 0 Å². The highest BCUT2D eigenvalue weighted by molar-refractivity contribution is 5.91. The van der Waals surface area contributed by atoms with Gasteiger partial charge in [0.05, 0.1) is 18.8 Å². The molecule has 2 heterocycles. The van der Waals surface area contributed by atoms with Crippen LogP contribution in [0.2, 0.25) is 0 Å². The number of amides is 2. The van der Waals surface area contributed by atoms with Crippen molar-refractivity contribution in [3.63, 3.8) is 0 Å². The number of methoxy groups -OCH3 is 1. The van der Waals surface area contributed by atoms with Crippen molar-refractivity contribution in [2.24, 2.45) is 7.05 Å². The Balaban J connectivity index is 1.79. The van der Waals surface area contributed by atoms with Crippen molar-refractivity contribution in [1.82, 2.24) is 9.47 Å². The van der Waals surface area contributed by atoms with E-state index in [4.69, 9.17) is 4.74 Å². The van der Waals surface area contributed by atoms with Gasteiger partial charge in [0.25, 0.3) is 0 Å². The molecule has 3 rings (SSSR count). The predicted molar refractivity (Wildman–Crippen MR) is 90.8 cm³/mol. The molecule has 1 saturated heterocycles. The van der Waals surface area contributed by atoms with Gasteiger partial charge in [0.1, 0.15) is 5.75 Å². The summed E-state index contributed by atoms with van der Waals surface area (Å²) in [6.45, 7) is 2.77. The molecule has 0 aliphatic carbocycles. The van der Waals surface area contributed by atoms with Gasteiger partial charge in [0.2, 0.25) is 0 Å². The normalized spacial score (nSPS) is 17.3. The molecule has 5 nitrogen and oxygen atoms in total. The molecule has 1 unspecified atom stereocenters. The number of benzene rings is 1. The number of nitrogens with zero attached hydrogens (tertiary/aromatic N) is 2. The Labute approximate surface area is 136 Å². The van der Waals surface area contributed by atoms with Crippen LogP contribution in [-0.2, 0) is 7.05 Å². The summed E-state index contributed by atoms with van der Waals surface area (Å²) in [5.74, 6) is 0.688. The topological polar surface area (TPSA) is 46.5 Å². The minimum absolute atomic E-state index is 0.0733. The van der Waals surface area contributed by atoms with Crippen LogP contribution in [0.1, 0.15) is 30.1 Å². The molecule has 1 aromatic carbocycles. The van der Waals surface area contributed by atoms with E-state index >= 15 is 0 Å². The Morgan fingerprint density at radius 1 is 1.35 bits per heavy atom. The summed E-state index contributed by atoms with van der Waals surface area (Å²) in [5, 5.41) is 2.99. The molecule has 1 atom stereocenters. The summed E-state index contributed by atoms with van der Waals surface area (Å²) in [7, 11) is 3.64. The third-order valence-electron chi connectivity index (χ3n) is 4.44. The second kappa shape index (κ2) is 6.36. The second-order valence-electron chi connectivity index (χ2n) is 6.03. The van der Waals surface area contributed by atoms with Crippen molar-refractivity contribution >= 4 is 11.7 Å². The third-order valence-corrected chi connectivity index (χ3v) is 4.44. The van der Waals surface area contributed by atoms with E-state index in [1.54, 1.807) is 7.11 Å². The first kappa shape index (κ1) is 15.5. The van der Waals surface area contributed by atoms with Crippen molar-refractivity contribution in [2.75, 3.05) is 19.0 Å². The summed E-state index contributed by atoms with van der Waals surface area (Å²) in [6.07, 6.45) is 4.04. The van der Waals surface area contributed by atoms with Crippen LogP contribution in [0.15, 0.2) is 36.5 Å². The molecule has 0 saturated carbocycles. The fourth-order valence-corrected chi connectivity index (χ4v) is 3.23. The average Bonchev–Trinajstić information content (AvgIpc) is 3.17. The monoisotopic (exact) mass is 313 g/mol. The van der Waals surface area contributed by atoms with E-state index in [0.29, 0.717) is 11.4 Å².